The number of piperidine rings is 1. The number of halogens is 3. The first-order chi connectivity index (χ1) is 14.1. The number of hydrogen-bond donors (Lipinski definition) is 1. The maximum atomic E-state index is 13.4. The average Bonchev–Trinajstić information content (AvgIpc) is 3.48. The summed E-state index contributed by atoms with van der Waals surface area (Å²) in [6.45, 7) is 0.523. The number of amides is 3. The summed E-state index contributed by atoms with van der Waals surface area (Å²) in [5.41, 5.74) is -2.55. The highest BCUT2D eigenvalue weighted by atomic mass is 19.4. The zero-order chi connectivity index (χ0) is 21.7. The highest BCUT2D eigenvalue weighted by molar-refractivity contribution is 6.11. The number of aliphatic hydroxyl groups is 1. The molecule has 0 aromatic heterocycles. The Morgan fingerprint density at radius 3 is 2.57 bits per heavy atom. The Bertz CT molecular complexity index is 883. The maximum absolute atomic E-state index is 13.4. The van der Waals surface area contributed by atoms with Gasteiger partial charge in [-0.1, -0.05) is 18.2 Å². The molecule has 0 spiro atoms. The molecular weight excluding hydrogens is 401 g/mol. The molecule has 2 saturated heterocycles. The van der Waals surface area contributed by atoms with Crippen LogP contribution in [0.5, 0.6) is 0 Å². The first kappa shape index (κ1) is 20.8. The molecule has 0 radical (unpaired) electrons. The lowest BCUT2D eigenvalue weighted by Crippen LogP contribution is -2.47. The second kappa shape index (κ2) is 7.37. The number of rotatable bonds is 4. The van der Waals surface area contributed by atoms with Crippen LogP contribution in [0.4, 0.5) is 13.2 Å². The standard InChI is InChI=1S/C21H23F3N2O4/c22-21(23,24)14-4-1-3-13(9-14)20(10-17(28)25-8-2-5-16(27)12-25)11-18(29)26(19(20)30)15-6-7-15/h1,3-4,9,15-16,27H,2,5-8,10-12H2/t16-,20+/m1/s1. The van der Waals surface area contributed by atoms with Crippen LogP contribution in [0.3, 0.4) is 0 Å². The van der Waals surface area contributed by atoms with E-state index in [2.05, 4.69) is 0 Å². The normalized spacial score (nSPS) is 27.7. The van der Waals surface area contributed by atoms with Gasteiger partial charge in [0.05, 0.1) is 17.1 Å². The lowest BCUT2D eigenvalue weighted by molar-refractivity contribution is -0.144. The van der Waals surface area contributed by atoms with Gasteiger partial charge in [0.15, 0.2) is 0 Å². The predicted octanol–water partition coefficient (Wildman–Crippen LogP) is 2.24. The molecule has 1 aromatic rings. The van der Waals surface area contributed by atoms with E-state index in [1.165, 1.54) is 17.0 Å². The summed E-state index contributed by atoms with van der Waals surface area (Å²) in [6.07, 6.45) is -3.50. The highest BCUT2D eigenvalue weighted by Crippen LogP contribution is 2.45. The third-order valence-electron chi connectivity index (χ3n) is 6.21. The van der Waals surface area contributed by atoms with E-state index in [1.807, 2.05) is 0 Å². The van der Waals surface area contributed by atoms with Crippen molar-refractivity contribution in [3.8, 4) is 0 Å². The molecule has 3 aliphatic rings. The summed E-state index contributed by atoms with van der Waals surface area (Å²) in [7, 11) is 0. The smallest absolute Gasteiger partial charge is 0.391 e. The van der Waals surface area contributed by atoms with Gasteiger partial charge in [-0.05, 0) is 37.3 Å². The lowest BCUT2D eigenvalue weighted by atomic mass is 9.75. The third-order valence-corrected chi connectivity index (χ3v) is 6.21. The number of hydrogen-bond acceptors (Lipinski definition) is 4. The Morgan fingerprint density at radius 1 is 1.20 bits per heavy atom. The molecule has 162 valence electrons. The van der Waals surface area contributed by atoms with Crippen LogP contribution >= 0.6 is 0 Å². The monoisotopic (exact) mass is 424 g/mol. The topological polar surface area (TPSA) is 77.9 Å². The summed E-state index contributed by atoms with van der Waals surface area (Å²) >= 11 is 0. The molecule has 3 amide bonds. The highest BCUT2D eigenvalue weighted by Gasteiger charge is 2.57. The van der Waals surface area contributed by atoms with Crippen molar-refractivity contribution in [3.63, 3.8) is 0 Å². The minimum atomic E-state index is -4.61. The van der Waals surface area contributed by atoms with Crippen molar-refractivity contribution >= 4 is 17.7 Å². The molecule has 3 fully saturated rings. The number of carbonyl (C=O) groups is 3. The molecule has 1 aromatic carbocycles. The number of carbonyl (C=O) groups excluding carboxylic acids is 3. The van der Waals surface area contributed by atoms with Crippen molar-refractivity contribution in [1.29, 1.82) is 0 Å². The Morgan fingerprint density at radius 2 is 1.93 bits per heavy atom. The van der Waals surface area contributed by atoms with E-state index in [1.54, 1.807) is 0 Å². The van der Waals surface area contributed by atoms with Crippen molar-refractivity contribution in [2.75, 3.05) is 13.1 Å². The van der Waals surface area contributed by atoms with Crippen LogP contribution in [0, 0.1) is 0 Å². The number of alkyl halides is 3. The van der Waals surface area contributed by atoms with E-state index >= 15 is 0 Å². The molecule has 4 rings (SSSR count). The largest absolute Gasteiger partial charge is 0.416 e. The Labute approximate surface area is 171 Å². The average molecular weight is 424 g/mol. The SMILES string of the molecule is O=C(C[C@@]1(c2cccc(C(F)(F)F)c2)CC(=O)N(C2CC2)C1=O)N1CCC[C@@H](O)C1. The third kappa shape index (κ3) is 3.71. The maximum Gasteiger partial charge on any atom is 0.416 e. The molecule has 2 atom stereocenters. The Balaban J connectivity index is 1.72. The van der Waals surface area contributed by atoms with E-state index in [0.29, 0.717) is 32.2 Å². The van der Waals surface area contributed by atoms with Gasteiger partial charge in [0.2, 0.25) is 17.7 Å². The van der Waals surface area contributed by atoms with Gasteiger partial charge in [-0.2, -0.15) is 13.2 Å². The van der Waals surface area contributed by atoms with E-state index in [9.17, 15) is 32.7 Å². The summed E-state index contributed by atoms with van der Waals surface area (Å²) in [5, 5.41) is 9.87. The molecule has 1 N–H and O–H groups in total. The summed E-state index contributed by atoms with van der Waals surface area (Å²) in [6, 6.07) is 4.13. The van der Waals surface area contributed by atoms with Crippen molar-refractivity contribution in [2.24, 2.45) is 0 Å². The number of β-amino-alcohol motifs (C(OH)–C–C–N with tert-alkyl or cyclic N) is 1. The van der Waals surface area contributed by atoms with Gasteiger partial charge in [-0.3, -0.25) is 19.3 Å². The van der Waals surface area contributed by atoms with Crippen LogP contribution < -0.4 is 0 Å². The molecular formula is C21H23F3N2O4. The molecule has 0 unspecified atom stereocenters. The predicted molar refractivity (Wildman–Crippen MR) is 99.1 cm³/mol. The van der Waals surface area contributed by atoms with Crippen molar-refractivity contribution in [3.05, 3.63) is 35.4 Å². The van der Waals surface area contributed by atoms with Gasteiger partial charge in [0, 0.05) is 32.0 Å². The quantitative estimate of drug-likeness (QED) is 0.752. The number of likely N-dealkylation sites (tertiary alicyclic amines) is 2. The second-order valence-electron chi connectivity index (χ2n) is 8.45. The van der Waals surface area contributed by atoms with Crippen LogP contribution in [0.1, 0.15) is 49.7 Å². The van der Waals surface area contributed by atoms with Crippen molar-refractivity contribution in [1.82, 2.24) is 9.80 Å². The zero-order valence-corrected chi connectivity index (χ0v) is 16.3. The zero-order valence-electron chi connectivity index (χ0n) is 16.3. The number of aliphatic hydroxyl groups excluding tert-OH is 1. The second-order valence-corrected chi connectivity index (χ2v) is 8.45. The van der Waals surface area contributed by atoms with Crippen molar-refractivity contribution in [2.45, 2.75) is 62.3 Å². The van der Waals surface area contributed by atoms with Gasteiger partial charge in [0.1, 0.15) is 0 Å². The summed E-state index contributed by atoms with van der Waals surface area (Å²) in [4.78, 5) is 41.6. The Kier molecular flexibility index (Phi) is 5.12. The first-order valence-corrected chi connectivity index (χ1v) is 10.1. The minimum absolute atomic E-state index is 0.0322. The first-order valence-electron chi connectivity index (χ1n) is 10.1. The van der Waals surface area contributed by atoms with Gasteiger partial charge in [-0.15, -0.1) is 0 Å². The fourth-order valence-electron chi connectivity index (χ4n) is 4.48. The fraction of sp³-hybridized carbons (Fsp3) is 0.571. The number of benzene rings is 1. The van der Waals surface area contributed by atoms with Gasteiger partial charge < -0.3 is 10.0 Å². The van der Waals surface area contributed by atoms with Crippen molar-refractivity contribution < 1.29 is 32.7 Å². The molecule has 2 aliphatic heterocycles. The molecule has 1 saturated carbocycles. The van der Waals surface area contributed by atoms with Gasteiger partial charge >= 0.3 is 6.18 Å². The molecule has 30 heavy (non-hydrogen) atoms. The Hall–Kier alpha value is -2.42. The number of nitrogens with zero attached hydrogens (tertiary/aromatic N) is 2. The lowest BCUT2D eigenvalue weighted by Gasteiger charge is -2.34. The molecule has 0 bridgehead atoms. The van der Waals surface area contributed by atoms with Crippen LogP contribution in [0.25, 0.3) is 0 Å². The van der Waals surface area contributed by atoms with Crippen LogP contribution in [0.15, 0.2) is 24.3 Å². The van der Waals surface area contributed by atoms with Crippen LogP contribution in [-0.4, -0.2) is 57.9 Å². The van der Waals surface area contributed by atoms with E-state index < -0.39 is 47.4 Å². The van der Waals surface area contributed by atoms with E-state index in [4.69, 9.17) is 0 Å². The molecule has 9 heteroatoms. The fourth-order valence-corrected chi connectivity index (χ4v) is 4.48. The van der Waals surface area contributed by atoms with Gasteiger partial charge in [-0.25, -0.2) is 0 Å². The van der Waals surface area contributed by atoms with E-state index in [-0.39, 0.29) is 24.6 Å². The van der Waals surface area contributed by atoms with Crippen LogP contribution in [-0.2, 0) is 26.0 Å². The summed E-state index contributed by atoms with van der Waals surface area (Å²) < 4.78 is 39.9. The molecule has 2 heterocycles. The van der Waals surface area contributed by atoms with Gasteiger partial charge in [0.25, 0.3) is 0 Å². The van der Waals surface area contributed by atoms with E-state index in [0.717, 1.165) is 17.0 Å². The van der Waals surface area contributed by atoms with Crippen LogP contribution in [0.2, 0.25) is 0 Å². The molecule has 1 aliphatic carbocycles. The molecule has 6 nitrogen and oxygen atoms in total. The number of imide groups is 1. The minimum Gasteiger partial charge on any atom is -0.391 e. The summed E-state index contributed by atoms with van der Waals surface area (Å²) in [5.74, 6) is -1.49.